The molecule has 1 heterocycles. The fourth-order valence-corrected chi connectivity index (χ4v) is 2.73. The standard InChI is InChI=1S/C22H33NO8/c1-12-15(17(24)28-10-30-19(26)21(4,5)6)13(2)23-14(3)16(12)18(25)29-11-31-20(27)22(7,8)9/h12,23H,10-11H2,1-9H3. The number of allylic oxidation sites excluding steroid dienone is 2. The Bertz CT molecular complexity index is 742. The Morgan fingerprint density at radius 1 is 0.710 bits per heavy atom. The highest BCUT2D eigenvalue weighted by molar-refractivity contribution is 5.97. The molecule has 9 nitrogen and oxygen atoms in total. The second kappa shape index (κ2) is 9.98. The molecule has 0 aliphatic carbocycles. The maximum absolute atomic E-state index is 12.6. The van der Waals surface area contributed by atoms with Crippen LogP contribution in [0.5, 0.6) is 0 Å². The maximum Gasteiger partial charge on any atom is 0.339 e. The van der Waals surface area contributed by atoms with Crippen LogP contribution in [-0.4, -0.2) is 37.5 Å². The molecule has 174 valence electrons. The molecule has 0 saturated heterocycles. The normalized spacial score (nSPS) is 15.3. The van der Waals surface area contributed by atoms with E-state index in [9.17, 15) is 19.2 Å². The minimum Gasteiger partial charge on any atom is -0.427 e. The predicted octanol–water partition coefficient (Wildman–Crippen LogP) is 2.95. The molecule has 0 bridgehead atoms. The molecule has 0 fully saturated rings. The summed E-state index contributed by atoms with van der Waals surface area (Å²) in [4.78, 5) is 48.8. The highest BCUT2D eigenvalue weighted by Crippen LogP contribution is 2.31. The summed E-state index contributed by atoms with van der Waals surface area (Å²) in [5.74, 6) is -3.12. The van der Waals surface area contributed by atoms with Gasteiger partial charge in [-0.3, -0.25) is 9.59 Å². The number of hydrogen-bond donors (Lipinski definition) is 1. The molecule has 1 aliphatic rings. The lowest BCUT2D eigenvalue weighted by Gasteiger charge is -2.28. The lowest BCUT2D eigenvalue weighted by molar-refractivity contribution is -0.172. The van der Waals surface area contributed by atoms with Gasteiger partial charge in [-0.25, -0.2) is 9.59 Å². The molecular weight excluding hydrogens is 406 g/mol. The quantitative estimate of drug-likeness (QED) is 0.492. The average molecular weight is 440 g/mol. The van der Waals surface area contributed by atoms with Gasteiger partial charge in [-0.05, 0) is 55.4 Å². The first-order chi connectivity index (χ1) is 14.1. The number of ether oxygens (including phenoxy) is 4. The van der Waals surface area contributed by atoms with E-state index >= 15 is 0 Å². The maximum atomic E-state index is 12.6. The molecular formula is C22H33NO8. The van der Waals surface area contributed by atoms with Crippen molar-refractivity contribution >= 4 is 23.9 Å². The smallest absolute Gasteiger partial charge is 0.339 e. The zero-order chi connectivity index (χ0) is 24.1. The van der Waals surface area contributed by atoms with Crippen LogP contribution >= 0.6 is 0 Å². The van der Waals surface area contributed by atoms with Gasteiger partial charge >= 0.3 is 23.9 Å². The molecule has 0 unspecified atom stereocenters. The number of carbonyl (C=O) groups is 4. The molecule has 31 heavy (non-hydrogen) atoms. The Morgan fingerprint density at radius 2 is 1.03 bits per heavy atom. The van der Waals surface area contributed by atoms with Gasteiger partial charge in [-0.1, -0.05) is 6.92 Å². The summed E-state index contributed by atoms with van der Waals surface area (Å²) < 4.78 is 20.1. The summed E-state index contributed by atoms with van der Waals surface area (Å²) in [6, 6.07) is 0. The Hall–Kier alpha value is -2.84. The van der Waals surface area contributed by atoms with Crippen LogP contribution < -0.4 is 5.32 Å². The molecule has 0 spiro atoms. The van der Waals surface area contributed by atoms with Crippen LogP contribution in [0.1, 0.15) is 62.3 Å². The number of nitrogens with one attached hydrogen (secondary N) is 1. The van der Waals surface area contributed by atoms with Gasteiger partial charge < -0.3 is 24.3 Å². The number of dihydropyridines is 1. The highest BCUT2D eigenvalue weighted by Gasteiger charge is 2.34. The summed E-state index contributed by atoms with van der Waals surface area (Å²) in [6.45, 7) is 14.0. The number of carbonyl (C=O) groups excluding carboxylic acids is 4. The first kappa shape index (κ1) is 26.2. The zero-order valence-corrected chi connectivity index (χ0v) is 19.8. The minimum atomic E-state index is -0.728. The second-order valence-electron chi connectivity index (χ2n) is 9.39. The van der Waals surface area contributed by atoms with Gasteiger partial charge in [0.25, 0.3) is 0 Å². The molecule has 1 aliphatic heterocycles. The van der Waals surface area contributed by atoms with Gasteiger partial charge in [0, 0.05) is 17.3 Å². The van der Waals surface area contributed by atoms with Gasteiger partial charge in [0.2, 0.25) is 13.6 Å². The van der Waals surface area contributed by atoms with Crippen molar-refractivity contribution in [1.82, 2.24) is 5.32 Å². The predicted molar refractivity (Wildman–Crippen MR) is 111 cm³/mol. The number of rotatable bonds is 6. The lowest BCUT2D eigenvalue weighted by Crippen LogP contribution is -2.33. The van der Waals surface area contributed by atoms with Crippen molar-refractivity contribution in [3.8, 4) is 0 Å². The fraction of sp³-hybridized carbons (Fsp3) is 0.636. The summed E-state index contributed by atoms with van der Waals surface area (Å²) in [6.07, 6.45) is 0. The third-order valence-corrected chi connectivity index (χ3v) is 4.47. The average Bonchev–Trinajstić information content (AvgIpc) is 2.59. The van der Waals surface area contributed by atoms with Crippen LogP contribution in [0.2, 0.25) is 0 Å². The third kappa shape index (κ3) is 7.11. The molecule has 0 amide bonds. The van der Waals surface area contributed by atoms with Crippen molar-refractivity contribution in [3.63, 3.8) is 0 Å². The summed E-state index contributed by atoms with van der Waals surface area (Å²) in [5.41, 5.74) is -0.0315. The molecule has 0 aromatic carbocycles. The van der Waals surface area contributed by atoms with E-state index in [1.165, 1.54) is 0 Å². The third-order valence-electron chi connectivity index (χ3n) is 4.47. The molecule has 9 heteroatoms. The number of hydrogen-bond acceptors (Lipinski definition) is 9. The van der Waals surface area contributed by atoms with E-state index in [1.54, 1.807) is 62.3 Å². The van der Waals surface area contributed by atoms with Crippen molar-refractivity contribution in [2.24, 2.45) is 16.7 Å². The van der Waals surface area contributed by atoms with Gasteiger partial charge in [-0.15, -0.1) is 0 Å². The highest BCUT2D eigenvalue weighted by atomic mass is 16.7. The van der Waals surface area contributed by atoms with E-state index in [2.05, 4.69) is 5.32 Å². The molecule has 0 aromatic rings. The summed E-state index contributed by atoms with van der Waals surface area (Å²) in [5, 5.41) is 2.96. The topological polar surface area (TPSA) is 117 Å². The zero-order valence-electron chi connectivity index (χ0n) is 19.8. The SMILES string of the molecule is CC1=C(C(=O)OCOC(=O)C(C)(C)C)C(C)C(C(=O)OCOC(=O)C(C)(C)C)=C(C)N1. The Morgan fingerprint density at radius 3 is 1.32 bits per heavy atom. The van der Waals surface area contributed by atoms with Crippen molar-refractivity contribution < 1.29 is 38.1 Å². The van der Waals surface area contributed by atoms with Gasteiger partial charge in [0.05, 0.1) is 22.0 Å². The largest absolute Gasteiger partial charge is 0.427 e. The fourth-order valence-electron chi connectivity index (χ4n) is 2.73. The van der Waals surface area contributed by atoms with E-state index in [4.69, 9.17) is 18.9 Å². The van der Waals surface area contributed by atoms with Crippen LogP contribution in [0, 0.1) is 16.7 Å². The molecule has 1 N–H and O–H groups in total. The van der Waals surface area contributed by atoms with E-state index in [1.807, 2.05) is 0 Å². The molecule has 0 aromatic heterocycles. The van der Waals surface area contributed by atoms with Gasteiger partial charge in [-0.2, -0.15) is 0 Å². The van der Waals surface area contributed by atoms with Crippen LogP contribution in [0.15, 0.2) is 22.5 Å². The van der Waals surface area contributed by atoms with Gasteiger partial charge in [0.1, 0.15) is 0 Å². The molecule has 0 atom stereocenters. The second-order valence-corrected chi connectivity index (χ2v) is 9.39. The van der Waals surface area contributed by atoms with Crippen LogP contribution in [0.4, 0.5) is 0 Å². The minimum absolute atomic E-state index is 0.205. The summed E-state index contributed by atoms with van der Waals surface area (Å²) >= 11 is 0. The first-order valence-corrected chi connectivity index (χ1v) is 9.94. The Balaban J connectivity index is 2.79. The van der Waals surface area contributed by atoms with Crippen molar-refractivity contribution in [1.29, 1.82) is 0 Å². The molecule has 1 rings (SSSR count). The molecule has 0 saturated carbocycles. The Kier molecular flexibility index (Phi) is 8.43. The van der Waals surface area contributed by atoms with Crippen molar-refractivity contribution in [3.05, 3.63) is 22.5 Å². The van der Waals surface area contributed by atoms with E-state index in [0.717, 1.165) is 0 Å². The van der Waals surface area contributed by atoms with Crippen molar-refractivity contribution in [2.75, 3.05) is 13.6 Å². The van der Waals surface area contributed by atoms with Crippen LogP contribution in [-0.2, 0) is 38.1 Å². The Labute approximate surface area is 183 Å². The van der Waals surface area contributed by atoms with Crippen LogP contribution in [0.25, 0.3) is 0 Å². The lowest BCUT2D eigenvalue weighted by atomic mass is 9.87. The van der Waals surface area contributed by atoms with E-state index in [-0.39, 0.29) is 11.1 Å². The monoisotopic (exact) mass is 439 g/mol. The van der Waals surface area contributed by atoms with E-state index in [0.29, 0.717) is 11.4 Å². The first-order valence-electron chi connectivity index (χ1n) is 9.94. The van der Waals surface area contributed by atoms with Gasteiger partial charge in [0.15, 0.2) is 0 Å². The number of esters is 4. The van der Waals surface area contributed by atoms with E-state index < -0.39 is 54.2 Å². The molecule has 0 radical (unpaired) electrons. The van der Waals surface area contributed by atoms with Crippen LogP contribution in [0.3, 0.4) is 0 Å². The summed E-state index contributed by atoms with van der Waals surface area (Å²) in [7, 11) is 0. The van der Waals surface area contributed by atoms with Crippen molar-refractivity contribution in [2.45, 2.75) is 62.3 Å².